The lowest BCUT2D eigenvalue weighted by atomic mass is 9.86. The van der Waals surface area contributed by atoms with E-state index < -0.39 is 107 Å². The molecule has 7 heterocycles. The van der Waals surface area contributed by atoms with Crippen LogP contribution in [0.15, 0.2) is 61.8 Å². The van der Waals surface area contributed by atoms with Crippen molar-refractivity contribution in [2.45, 2.75) is 247 Å². The van der Waals surface area contributed by atoms with E-state index in [0.717, 1.165) is 20.3 Å². The first-order chi connectivity index (χ1) is 44.9. The molecule has 31 nitrogen and oxygen atoms in total. The number of carbonyl (C=O) groups is 13. The summed E-state index contributed by atoms with van der Waals surface area (Å²) < 4.78 is 2.57. The molecule has 8 rings (SSSR count). The molecular formula is C67H100Br2N14O17. The lowest BCUT2D eigenvalue weighted by molar-refractivity contribution is -0.152. The number of barbiturate groups is 3. The minimum absolute atomic E-state index is 0.0914. The van der Waals surface area contributed by atoms with Crippen LogP contribution in [-0.4, -0.2) is 158 Å². The van der Waals surface area contributed by atoms with Crippen LogP contribution in [0.4, 0.5) is 24.0 Å². The van der Waals surface area contributed by atoms with Gasteiger partial charge in [-0.15, -0.1) is 0 Å². The van der Waals surface area contributed by atoms with E-state index in [2.05, 4.69) is 63.4 Å². The Hall–Kier alpha value is -8.75. The Morgan fingerprint density at radius 2 is 0.930 bits per heavy atom. The molecular weight excluding hydrogens is 1430 g/mol. The first kappa shape index (κ1) is 87.3. The molecule has 1 unspecified atom stereocenters. The average molecular weight is 1530 g/mol. The highest BCUT2D eigenvalue weighted by Gasteiger charge is 2.54. The maximum atomic E-state index is 12.2. The smallest absolute Gasteiger partial charge is 0.331 e. The van der Waals surface area contributed by atoms with Crippen molar-refractivity contribution in [3.8, 4) is 0 Å². The van der Waals surface area contributed by atoms with Crippen LogP contribution < -0.4 is 49.1 Å². The number of alkyl halides is 2. The van der Waals surface area contributed by atoms with Gasteiger partial charge in [-0.3, -0.25) is 102 Å². The molecule has 5 saturated heterocycles. The van der Waals surface area contributed by atoms with E-state index in [9.17, 15) is 81.5 Å². The number of aryl methyl sites for hydroxylation is 2. The van der Waals surface area contributed by atoms with E-state index in [1.54, 1.807) is 80.7 Å². The summed E-state index contributed by atoms with van der Waals surface area (Å²) in [6, 6.07) is 7.66. The number of nitrogens with zero attached hydrogens (tertiary/aromatic N) is 8. The Balaban J connectivity index is 0.000000398. The molecule has 33 heteroatoms. The summed E-state index contributed by atoms with van der Waals surface area (Å²) in [6.07, 6.45) is 1.60. The quantitative estimate of drug-likeness (QED) is 0.0855. The second-order valence-electron chi connectivity index (χ2n) is 31.0. The first-order valence-electron chi connectivity index (χ1n) is 31.9. The third-order valence-electron chi connectivity index (χ3n) is 14.6. The fraction of sp³-hybridized carbons (Fsp3) is 0.597. The minimum atomic E-state index is -1.55. The van der Waals surface area contributed by atoms with Crippen molar-refractivity contribution in [3.05, 3.63) is 101 Å². The Morgan fingerprint density at radius 1 is 0.500 bits per heavy atom. The summed E-state index contributed by atoms with van der Waals surface area (Å²) >= 11 is 5.89. The molecule has 18 amide bonds. The van der Waals surface area contributed by atoms with Crippen molar-refractivity contribution in [2.24, 2.45) is 5.41 Å². The number of benzene rings is 1. The molecule has 100 heavy (non-hydrogen) atoms. The van der Waals surface area contributed by atoms with Crippen LogP contribution in [0.25, 0.3) is 0 Å². The van der Waals surface area contributed by atoms with Crippen molar-refractivity contribution in [1.29, 1.82) is 0 Å². The zero-order valence-electron chi connectivity index (χ0n) is 62.2. The van der Waals surface area contributed by atoms with E-state index in [1.165, 1.54) is 45.0 Å². The van der Waals surface area contributed by atoms with Crippen LogP contribution >= 0.6 is 31.9 Å². The van der Waals surface area contributed by atoms with Gasteiger partial charge in [-0.25, -0.2) is 33.6 Å². The third kappa shape index (κ3) is 21.9. The highest BCUT2D eigenvalue weighted by atomic mass is 79.9. The molecule has 3 aromatic rings. The number of amides is 18. The molecule has 0 bridgehead atoms. The monoisotopic (exact) mass is 1530 g/mol. The second-order valence-corrected chi connectivity index (χ2v) is 34.5. The summed E-state index contributed by atoms with van der Waals surface area (Å²) in [5.41, 5.74) is -3.89. The summed E-state index contributed by atoms with van der Waals surface area (Å²) in [5, 5.41) is 11.7. The standard InChI is InChI=1S/C13H16N2O2.C11H18N2O2.C10H16N2O3.C9H14N2O2.C8H10Br2N2O3.C8H12N2O3.C8H14N2O2/c1-13(2,3)15-11(16)10(14-12(15)17)9-7-5-4-6-8-9;1-6-12-8(2)7-9(14)13(10(12)15)11(3,4)5;1-9(2,3)12-7(14)10(4,5)6(13)11-8(12)15;1-6-5-10-8(13)11(7(6)12)9(2,3)4;1-7(2,3)12-5(14)8(9,10)4(13)11-6(12)15;1-8(2,3)10-6(12)4-5(11)9-7(10)13;1-8(2,3)10-6(11)4-5-9-7(10)12/h4-8,10H,1-3H3,(H,14,17);7H,6H2,1-5H3;1-5H3,(H,11,13,15);5H,1-4H3,(H,10,13);1-3H3,(H,11,13,15);4H2,1-3H3,(H,9,11,13);4-5H2,1-3H3,(H,9,12). The van der Waals surface area contributed by atoms with Crippen LogP contribution in [0.2, 0.25) is 0 Å². The van der Waals surface area contributed by atoms with Crippen molar-refractivity contribution in [1.82, 2.24) is 69.8 Å². The lowest BCUT2D eigenvalue weighted by Gasteiger charge is -2.41. The molecule has 0 spiro atoms. The molecule has 5 aliphatic rings. The van der Waals surface area contributed by atoms with Crippen LogP contribution in [0.5, 0.6) is 0 Å². The number of imide groups is 8. The third-order valence-corrected chi connectivity index (χ3v) is 16.0. The van der Waals surface area contributed by atoms with Gasteiger partial charge >= 0.3 is 41.5 Å². The van der Waals surface area contributed by atoms with Gasteiger partial charge in [0.15, 0.2) is 0 Å². The highest BCUT2D eigenvalue weighted by molar-refractivity contribution is 9.26. The van der Waals surface area contributed by atoms with E-state index in [0.29, 0.717) is 30.8 Å². The highest BCUT2D eigenvalue weighted by Crippen LogP contribution is 2.35. The van der Waals surface area contributed by atoms with Gasteiger partial charge in [0.2, 0.25) is 32.8 Å². The van der Waals surface area contributed by atoms with Gasteiger partial charge in [0, 0.05) is 81.8 Å². The predicted octanol–water partition coefficient (Wildman–Crippen LogP) is 6.99. The Kier molecular flexibility index (Phi) is 28.2. The molecule has 1 atom stereocenters. The largest absolute Gasteiger partial charge is 0.337 e. The molecule has 2 aromatic heterocycles. The van der Waals surface area contributed by atoms with Crippen molar-refractivity contribution >= 4 is 109 Å². The van der Waals surface area contributed by atoms with Gasteiger partial charge in [-0.2, -0.15) is 0 Å². The van der Waals surface area contributed by atoms with Crippen molar-refractivity contribution < 1.29 is 62.3 Å². The van der Waals surface area contributed by atoms with E-state index in [1.807, 2.05) is 120 Å². The second kappa shape index (κ2) is 32.3. The Labute approximate surface area is 598 Å². The Morgan fingerprint density at radius 3 is 1.32 bits per heavy atom. The van der Waals surface area contributed by atoms with Crippen LogP contribution in [0.1, 0.15) is 202 Å². The first-order valence-corrected chi connectivity index (χ1v) is 33.4. The van der Waals surface area contributed by atoms with Gasteiger partial charge in [0.05, 0.1) is 0 Å². The summed E-state index contributed by atoms with van der Waals surface area (Å²) in [5.74, 6) is -3.58. The molecule has 0 saturated carbocycles. The maximum Gasteiger partial charge on any atom is 0.331 e. The van der Waals surface area contributed by atoms with Crippen LogP contribution in [0, 0.1) is 19.3 Å². The van der Waals surface area contributed by atoms with Gasteiger partial charge in [-0.05, 0) is 186 Å². The number of hydrogen-bond donors (Lipinski definition) is 6. The van der Waals surface area contributed by atoms with Gasteiger partial charge < -0.3 is 15.6 Å². The molecule has 6 N–H and O–H groups in total. The van der Waals surface area contributed by atoms with Gasteiger partial charge in [0.1, 0.15) is 17.9 Å². The van der Waals surface area contributed by atoms with Gasteiger partial charge in [-0.1, -0.05) is 62.2 Å². The topological polar surface area (TPSA) is 397 Å². The fourth-order valence-electron chi connectivity index (χ4n) is 9.89. The minimum Gasteiger partial charge on any atom is -0.337 e. The van der Waals surface area contributed by atoms with Gasteiger partial charge in [0.25, 0.3) is 28.8 Å². The number of carbonyl (C=O) groups excluding carboxylic acids is 13. The van der Waals surface area contributed by atoms with E-state index in [4.69, 9.17) is 0 Å². The van der Waals surface area contributed by atoms with E-state index >= 15 is 0 Å². The Bertz CT molecular complexity index is 3830. The summed E-state index contributed by atoms with van der Waals surface area (Å²) in [4.78, 5) is 204. The molecule has 5 fully saturated rings. The predicted molar refractivity (Wildman–Crippen MR) is 380 cm³/mol. The van der Waals surface area contributed by atoms with Crippen LogP contribution in [0.3, 0.4) is 0 Å². The molecule has 5 aliphatic heterocycles. The molecule has 554 valence electrons. The zero-order valence-corrected chi connectivity index (χ0v) is 65.4. The lowest BCUT2D eigenvalue weighted by Crippen LogP contribution is -2.67. The van der Waals surface area contributed by atoms with Crippen molar-refractivity contribution in [3.63, 3.8) is 0 Å². The summed E-state index contributed by atoms with van der Waals surface area (Å²) in [6.45, 7) is 47.1. The number of halogens is 2. The number of rotatable bonds is 2. The molecule has 0 aliphatic carbocycles. The maximum absolute atomic E-state index is 12.2. The van der Waals surface area contributed by atoms with E-state index in [-0.39, 0.29) is 52.8 Å². The number of aromatic amines is 1. The number of H-pyrrole nitrogens is 1. The van der Waals surface area contributed by atoms with Crippen molar-refractivity contribution in [2.75, 3.05) is 6.54 Å². The molecule has 1 aromatic carbocycles. The van der Waals surface area contributed by atoms with Crippen LogP contribution in [-0.2, 0) is 56.0 Å². The number of urea groups is 5. The number of nitrogens with one attached hydrogen (secondary N) is 6. The summed E-state index contributed by atoms with van der Waals surface area (Å²) in [7, 11) is 0. The normalized spacial score (nSPS) is 18.1. The fourth-order valence-corrected chi connectivity index (χ4v) is 10.4. The average Bonchev–Trinajstić information content (AvgIpc) is 1.01. The zero-order chi connectivity index (χ0) is 78.3. The number of hydrogen-bond acceptors (Lipinski definition) is 17. The molecule has 0 radical (unpaired) electrons. The number of aromatic nitrogens is 4. The SMILES string of the molecule is CC(C)(C)N1C(=O)CC(=O)NC1=O.CC(C)(C)N1C(=O)CCNC1=O.CC(C)(C)N1C(=O)NC(=O)C(Br)(Br)C1=O.CC(C)(C)N1C(=O)NC(c2ccccc2)C1=O.CC1(C)C(=O)NC(=O)N(C(C)(C)C)C1=O.CCn1c(C)cc(=O)n(C(C)(C)C)c1=O.Cc1c[nH]c(=O)n(C(C)(C)C)c1=O.